The molecule has 1 rings (SSSR count). The summed E-state index contributed by atoms with van der Waals surface area (Å²) in [7, 11) is 1.71. The lowest BCUT2D eigenvalue weighted by Crippen LogP contribution is -2.49. The number of nitrogens with one attached hydrogen (secondary N) is 1. The number of hydrogen-bond acceptors (Lipinski definition) is 3. The second-order valence-corrected chi connectivity index (χ2v) is 2.43. The first-order valence-corrected chi connectivity index (χ1v) is 3.33. The quantitative estimate of drug-likeness (QED) is 0.638. The Bertz CT molecular complexity index is 94.7. The van der Waals surface area contributed by atoms with E-state index in [0.717, 1.165) is 19.5 Å². The maximum Gasteiger partial charge on any atom is 0.0846 e. The molecule has 0 aromatic carbocycles. The van der Waals surface area contributed by atoms with Gasteiger partial charge in [-0.3, -0.25) is 0 Å². The van der Waals surface area contributed by atoms with E-state index in [4.69, 9.17) is 10.5 Å². The highest BCUT2D eigenvalue weighted by molar-refractivity contribution is 5.85. The van der Waals surface area contributed by atoms with Crippen molar-refractivity contribution in [2.75, 3.05) is 20.2 Å². The monoisotopic (exact) mass is 202 g/mol. The third-order valence-electron chi connectivity index (χ3n) is 1.78. The van der Waals surface area contributed by atoms with Crippen LogP contribution in [0.2, 0.25) is 0 Å². The maximum absolute atomic E-state index is 5.72. The average Bonchev–Trinajstić information content (AvgIpc) is 1.89. The molecule has 11 heavy (non-hydrogen) atoms. The van der Waals surface area contributed by atoms with E-state index < -0.39 is 0 Å². The van der Waals surface area contributed by atoms with Crippen LogP contribution in [0.1, 0.15) is 6.42 Å². The van der Waals surface area contributed by atoms with Crippen LogP contribution in [0.5, 0.6) is 0 Å². The van der Waals surface area contributed by atoms with Gasteiger partial charge in [0, 0.05) is 19.7 Å². The summed E-state index contributed by atoms with van der Waals surface area (Å²) in [5.41, 5.74) is 5.72. The number of nitrogens with two attached hydrogens (primary N) is 1. The van der Waals surface area contributed by atoms with Crippen LogP contribution < -0.4 is 11.1 Å². The van der Waals surface area contributed by atoms with Crippen LogP contribution >= 0.6 is 24.8 Å². The van der Waals surface area contributed by atoms with Crippen molar-refractivity contribution in [1.82, 2.24) is 5.32 Å². The SMILES string of the molecule is COC1CNCCC1N.Cl.Cl. The third-order valence-corrected chi connectivity index (χ3v) is 1.78. The molecule has 1 fully saturated rings. The number of halogens is 2. The molecule has 0 aromatic rings. The van der Waals surface area contributed by atoms with E-state index >= 15 is 0 Å². The summed E-state index contributed by atoms with van der Waals surface area (Å²) in [6, 6.07) is 0.233. The summed E-state index contributed by atoms with van der Waals surface area (Å²) < 4.78 is 5.12. The van der Waals surface area contributed by atoms with Crippen LogP contribution in [0.15, 0.2) is 0 Å². The highest BCUT2D eigenvalue weighted by Gasteiger charge is 2.19. The molecule has 2 unspecified atom stereocenters. The van der Waals surface area contributed by atoms with Crippen LogP contribution in [0.25, 0.3) is 0 Å². The number of hydrogen-bond donors (Lipinski definition) is 2. The van der Waals surface area contributed by atoms with E-state index in [1.807, 2.05) is 0 Å². The first-order chi connectivity index (χ1) is 4.34. The molecular weight excluding hydrogens is 187 g/mol. The topological polar surface area (TPSA) is 47.3 Å². The van der Waals surface area contributed by atoms with Crippen molar-refractivity contribution in [3.05, 3.63) is 0 Å². The van der Waals surface area contributed by atoms with E-state index in [2.05, 4.69) is 5.32 Å². The molecule has 2 atom stereocenters. The molecule has 1 aliphatic rings. The third kappa shape index (κ3) is 4.13. The predicted octanol–water partition coefficient (Wildman–Crippen LogP) is 0.166. The predicted molar refractivity (Wildman–Crippen MR) is 50.8 cm³/mol. The second-order valence-electron chi connectivity index (χ2n) is 2.43. The number of methoxy groups -OCH3 is 1. The van der Waals surface area contributed by atoms with Gasteiger partial charge in [0.15, 0.2) is 0 Å². The van der Waals surface area contributed by atoms with Crippen LogP contribution in [-0.4, -0.2) is 32.3 Å². The highest BCUT2D eigenvalue weighted by atomic mass is 35.5. The lowest BCUT2D eigenvalue weighted by molar-refractivity contribution is 0.0646. The molecule has 0 bridgehead atoms. The molecule has 3 nitrogen and oxygen atoms in total. The smallest absolute Gasteiger partial charge is 0.0846 e. The Hall–Kier alpha value is 0.460. The lowest BCUT2D eigenvalue weighted by Gasteiger charge is -2.27. The lowest BCUT2D eigenvalue weighted by atomic mass is 10.1. The van der Waals surface area contributed by atoms with Gasteiger partial charge in [0.05, 0.1) is 6.10 Å². The molecule has 0 spiro atoms. The van der Waals surface area contributed by atoms with Crippen molar-refractivity contribution in [3.8, 4) is 0 Å². The molecule has 5 heteroatoms. The number of ether oxygens (including phenoxy) is 1. The molecule has 3 N–H and O–H groups in total. The standard InChI is InChI=1S/C6H14N2O.2ClH/c1-9-6-4-8-3-2-5(6)7;;/h5-6,8H,2-4,7H2,1H3;2*1H. The van der Waals surface area contributed by atoms with Crippen LogP contribution in [0.3, 0.4) is 0 Å². The molecule has 0 amide bonds. The molecule has 70 valence electrons. The van der Waals surface area contributed by atoms with Gasteiger partial charge in [0.2, 0.25) is 0 Å². The minimum atomic E-state index is 0. The fraction of sp³-hybridized carbons (Fsp3) is 1.00. The van der Waals surface area contributed by atoms with Gasteiger partial charge in [-0.2, -0.15) is 0 Å². The summed E-state index contributed by atoms with van der Waals surface area (Å²) in [5.74, 6) is 0. The Labute approximate surface area is 79.9 Å². The molecule has 1 heterocycles. The minimum absolute atomic E-state index is 0. The summed E-state index contributed by atoms with van der Waals surface area (Å²) in [4.78, 5) is 0. The van der Waals surface area contributed by atoms with Gasteiger partial charge < -0.3 is 15.8 Å². The van der Waals surface area contributed by atoms with Gasteiger partial charge in [-0.05, 0) is 13.0 Å². The van der Waals surface area contributed by atoms with Gasteiger partial charge in [-0.15, -0.1) is 24.8 Å². The van der Waals surface area contributed by atoms with E-state index in [1.165, 1.54) is 0 Å². The molecule has 0 aliphatic carbocycles. The zero-order chi connectivity index (χ0) is 6.69. The van der Waals surface area contributed by atoms with Crippen molar-refractivity contribution in [1.29, 1.82) is 0 Å². The van der Waals surface area contributed by atoms with Crippen molar-refractivity contribution < 1.29 is 4.74 Å². The first-order valence-electron chi connectivity index (χ1n) is 3.33. The Morgan fingerprint density at radius 2 is 2.09 bits per heavy atom. The molecule has 1 saturated heterocycles. The van der Waals surface area contributed by atoms with Crippen LogP contribution in [0, 0.1) is 0 Å². The maximum atomic E-state index is 5.72. The first kappa shape index (κ1) is 14.0. The van der Waals surface area contributed by atoms with Gasteiger partial charge in [-0.1, -0.05) is 0 Å². The van der Waals surface area contributed by atoms with Gasteiger partial charge in [0.1, 0.15) is 0 Å². The minimum Gasteiger partial charge on any atom is -0.379 e. The van der Waals surface area contributed by atoms with Crippen LogP contribution in [-0.2, 0) is 4.74 Å². The fourth-order valence-electron chi connectivity index (χ4n) is 1.11. The van der Waals surface area contributed by atoms with Crippen molar-refractivity contribution >= 4 is 24.8 Å². The molecule has 0 saturated carbocycles. The molecular formula is C6H16Cl2N2O. The largest absolute Gasteiger partial charge is 0.379 e. The average molecular weight is 203 g/mol. The van der Waals surface area contributed by atoms with Crippen molar-refractivity contribution in [2.24, 2.45) is 5.73 Å². The Morgan fingerprint density at radius 1 is 1.45 bits per heavy atom. The summed E-state index contributed by atoms with van der Waals surface area (Å²) >= 11 is 0. The molecule has 0 aromatic heterocycles. The number of rotatable bonds is 1. The summed E-state index contributed by atoms with van der Waals surface area (Å²) in [6.07, 6.45) is 1.25. The highest BCUT2D eigenvalue weighted by Crippen LogP contribution is 2.02. The Balaban J connectivity index is 0. The molecule has 1 aliphatic heterocycles. The zero-order valence-corrected chi connectivity index (χ0v) is 8.21. The van der Waals surface area contributed by atoms with Crippen LogP contribution in [0.4, 0.5) is 0 Å². The Kier molecular flexibility index (Phi) is 9.08. The van der Waals surface area contributed by atoms with Gasteiger partial charge >= 0.3 is 0 Å². The van der Waals surface area contributed by atoms with E-state index in [9.17, 15) is 0 Å². The normalized spacial score (nSPS) is 30.0. The van der Waals surface area contributed by atoms with E-state index in [1.54, 1.807) is 7.11 Å². The van der Waals surface area contributed by atoms with Gasteiger partial charge in [-0.25, -0.2) is 0 Å². The van der Waals surface area contributed by atoms with Crippen molar-refractivity contribution in [2.45, 2.75) is 18.6 Å². The number of piperidine rings is 1. The summed E-state index contributed by atoms with van der Waals surface area (Å²) in [5, 5.41) is 3.21. The van der Waals surface area contributed by atoms with Gasteiger partial charge in [0.25, 0.3) is 0 Å². The second kappa shape index (κ2) is 7.13. The zero-order valence-electron chi connectivity index (χ0n) is 6.58. The van der Waals surface area contributed by atoms with Crippen molar-refractivity contribution in [3.63, 3.8) is 0 Å². The summed E-state index contributed by atoms with van der Waals surface area (Å²) in [6.45, 7) is 1.93. The fourth-order valence-corrected chi connectivity index (χ4v) is 1.11. The van der Waals surface area contributed by atoms with E-state index in [-0.39, 0.29) is 37.0 Å². The molecule has 0 radical (unpaired) electrons. The van der Waals surface area contributed by atoms with E-state index in [0.29, 0.717) is 0 Å². The Morgan fingerprint density at radius 3 is 2.45 bits per heavy atom.